The summed E-state index contributed by atoms with van der Waals surface area (Å²) < 4.78 is 0. The predicted molar refractivity (Wildman–Crippen MR) is 96.9 cm³/mol. The summed E-state index contributed by atoms with van der Waals surface area (Å²) in [6.07, 6.45) is 5.93. The van der Waals surface area contributed by atoms with Gasteiger partial charge in [-0.25, -0.2) is 0 Å². The summed E-state index contributed by atoms with van der Waals surface area (Å²) >= 11 is 0. The Labute approximate surface area is 139 Å². The molecular formula is C22H25N. The van der Waals surface area contributed by atoms with Crippen molar-refractivity contribution in [2.75, 3.05) is 20.1 Å². The summed E-state index contributed by atoms with van der Waals surface area (Å²) in [6.45, 7) is 4.67. The maximum absolute atomic E-state index is 2.47. The molecule has 0 saturated heterocycles. The van der Waals surface area contributed by atoms with E-state index in [2.05, 4.69) is 73.5 Å². The molecular weight excluding hydrogens is 278 g/mol. The van der Waals surface area contributed by atoms with Gasteiger partial charge < -0.3 is 4.90 Å². The summed E-state index contributed by atoms with van der Waals surface area (Å²) in [7, 11) is 2.21. The van der Waals surface area contributed by atoms with Crippen LogP contribution < -0.4 is 0 Å². The first-order valence-corrected chi connectivity index (χ1v) is 8.74. The van der Waals surface area contributed by atoms with Gasteiger partial charge in [0.25, 0.3) is 0 Å². The molecule has 2 aromatic carbocycles. The molecule has 4 rings (SSSR count). The number of nitrogens with zero attached hydrogens (tertiary/aromatic N) is 1. The van der Waals surface area contributed by atoms with Gasteiger partial charge in [0.1, 0.15) is 0 Å². The number of likely N-dealkylation sites (N-methyl/N-ethyl adjacent to an activating group) is 1. The lowest BCUT2D eigenvalue weighted by Gasteiger charge is -2.38. The highest BCUT2D eigenvalue weighted by Gasteiger charge is 2.38. The Morgan fingerprint density at radius 1 is 0.826 bits per heavy atom. The zero-order chi connectivity index (χ0) is 15.9. The Kier molecular flexibility index (Phi) is 3.61. The molecule has 0 spiro atoms. The van der Waals surface area contributed by atoms with E-state index in [-0.39, 0.29) is 5.41 Å². The van der Waals surface area contributed by atoms with Crippen molar-refractivity contribution in [2.24, 2.45) is 0 Å². The first-order valence-electron chi connectivity index (χ1n) is 8.74. The van der Waals surface area contributed by atoms with Crippen LogP contribution in [-0.4, -0.2) is 25.0 Å². The fourth-order valence-corrected chi connectivity index (χ4v) is 4.44. The molecule has 0 N–H and O–H groups in total. The molecule has 1 aliphatic heterocycles. The fourth-order valence-electron chi connectivity index (χ4n) is 4.44. The van der Waals surface area contributed by atoms with Crippen LogP contribution in [0.15, 0.2) is 60.2 Å². The SMILES string of the molecule is CN1CC=C(C2(C)c3ccccc3CCc3ccccc32)CC1. The van der Waals surface area contributed by atoms with Gasteiger partial charge in [-0.05, 0) is 55.5 Å². The van der Waals surface area contributed by atoms with Gasteiger partial charge in [0.2, 0.25) is 0 Å². The molecule has 0 unspecified atom stereocenters. The van der Waals surface area contributed by atoms with E-state index in [1.807, 2.05) is 0 Å². The van der Waals surface area contributed by atoms with Crippen LogP contribution in [0.4, 0.5) is 0 Å². The van der Waals surface area contributed by atoms with E-state index in [0.29, 0.717) is 0 Å². The summed E-state index contributed by atoms with van der Waals surface area (Å²) in [5.41, 5.74) is 7.68. The van der Waals surface area contributed by atoms with E-state index < -0.39 is 0 Å². The predicted octanol–water partition coefficient (Wildman–Crippen LogP) is 4.35. The minimum Gasteiger partial charge on any atom is -0.302 e. The van der Waals surface area contributed by atoms with Crippen LogP contribution in [0.2, 0.25) is 0 Å². The molecule has 1 heterocycles. The van der Waals surface area contributed by atoms with Gasteiger partial charge in [-0.15, -0.1) is 0 Å². The quantitative estimate of drug-likeness (QED) is 0.708. The number of fused-ring (bicyclic) bond motifs is 2. The maximum Gasteiger partial charge on any atom is 0.0389 e. The molecule has 1 nitrogen and oxygen atoms in total. The monoisotopic (exact) mass is 303 g/mol. The largest absolute Gasteiger partial charge is 0.302 e. The van der Waals surface area contributed by atoms with Crippen molar-refractivity contribution < 1.29 is 0 Å². The molecule has 2 aliphatic rings. The Bertz CT molecular complexity index is 709. The van der Waals surface area contributed by atoms with Gasteiger partial charge in [0, 0.05) is 18.5 Å². The van der Waals surface area contributed by atoms with E-state index in [1.54, 1.807) is 5.57 Å². The first kappa shape index (κ1) is 14.7. The smallest absolute Gasteiger partial charge is 0.0389 e. The van der Waals surface area contributed by atoms with E-state index in [0.717, 1.165) is 32.4 Å². The van der Waals surface area contributed by atoms with E-state index in [1.165, 1.54) is 22.3 Å². The highest BCUT2D eigenvalue weighted by Crippen LogP contribution is 2.46. The minimum absolute atomic E-state index is 0.0188. The van der Waals surface area contributed by atoms with Gasteiger partial charge in [-0.2, -0.15) is 0 Å². The van der Waals surface area contributed by atoms with Gasteiger partial charge in [-0.1, -0.05) is 60.2 Å². The molecule has 118 valence electrons. The van der Waals surface area contributed by atoms with Gasteiger partial charge >= 0.3 is 0 Å². The number of rotatable bonds is 1. The number of benzene rings is 2. The molecule has 0 bridgehead atoms. The van der Waals surface area contributed by atoms with Crippen LogP contribution in [0.5, 0.6) is 0 Å². The second-order valence-corrected chi connectivity index (χ2v) is 7.18. The second-order valence-electron chi connectivity index (χ2n) is 7.18. The third kappa shape index (κ3) is 2.35. The average Bonchev–Trinajstić information content (AvgIpc) is 2.72. The Morgan fingerprint density at radius 3 is 1.91 bits per heavy atom. The van der Waals surface area contributed by atoms with E-state index in [9.17, 15) is 0 Å². The van der Waals surface area contributed by atoms with Crippen molar-refractivity contribution in [1.82, 2.24) is 4.90 Å². The van der Waals surface area contributed by atoms with Crippen molar-refractivity contribution >= 4 is 0 Å². The first-order chi connectivity index (χ1) is 11.2. The van der Waals surface area contributed by atoms with Crippen LogP contribution in [-0.2, 0) is 18.3 Å². The van der Waals surface area contributed by atoms with Crippen LogP contribution in [0.1, 0.15) is 35.6 Å². The van der Waals surface area contributed by atoms with Crippen LogP contribution >= 0.6 is 0 Å². The van der Waals surface area contributed by atoms with Gasteiger partial charge in [0.05, 0.1) is 0 Å². The van der Waals surface area contributed by atoms with Gasteiger partial charge in [-0.3, -0.25) is 0 Å². The van der Waals surface area contributed by atoms with Crippen molar-refractivity contribution in [3.05, 3.63) is 82.4 Å². The van der Waals surface area contributed by atoms with E-state index >= 15 is 0 Å². The number of hydrogen-bond donors (Lipinski definition) is 0. The average molecular weight is 303 g/mol. The third-order valence-corrected chi connectivity index (χ3v) is 5.83. The molecule has 0 atom stereocenters. The second kappa shape index (κ2) is 5.65. The van der Waals surface area contributed by atoms with Crippen molar-refractivity contribution in [2.45, 2.75) is 31.6 Å². The molecule has 0 fully saturated rings. The molecule has 0 radical (unpaired) electrons. The Balaban J connectivity index is 1.96. The third-order valence-electron chi connectivity index (χ3n) is 5.83. The van der Waals surface area contributed by atoms with Crippen LogP contribution in [0, 0.1) is 0 Å². The molecule has 0 saturated carbocycles. The summed E-state index contributed by atoms with van der Waals surface area (Å²) in [4.78, 5) is 2.40. The summed E-state index contributed by atoms with van der Waals surface area (Å²) in [5.74, 6) is 0. The standard InChI is InChI=1S/C22H25N/c1-22(19-13-15-23(2)16-14-19)20-9-5-3-7-17(20)11-12-18-8-4-6-10-21(18)22/h3-10,13H,11-12,14-16H2,1-2H3. The van der Waals surface area contributed by atoms with Gasteiger partial charge in [0.15, 0.2) is 0 Å². The highest BCUT2D eigenvalue weighted by atomic mass is 15.1. The lowest BCUT2D eigenvalue weighted by molar-refractivity contribution is 0.348. The van der Waals surface area contributed by atoms with Crippen molar-refractivity contribution in [1.29, 1.82) is 0 Å². The van der Waals surface area contributed by atoms with Crippen LogP contribution in [0.25, 0.3) is 0 Å². The summed E-state index contributed by atoms with van der Waals surface area (Å²) in [6, 6.07) is 18.2. The number of aryl methyl sites for hydroxylation is 2. The molecule has 1 heteroatoms. The Hall–Kier alpha value is -1.86. The fraction of sp³-hybridized carbons (Fsp3) is 0.364. The topological polar surface area (TPSA) is 3.24 Å². The minimum atomic E-state index is 0.0188. The molecule has 0 amide bonds. The zero-order valence-electron chi connectivity index (χ0n) is 14.2. The highest BCUT2D eigenvalue weighted by molar-refractivity contribution is 5.55. The lowest BCUT2D eigenvalue weighted by Crippen LogP contribution is -2.34. The zero-order valence-corrected chi connectivity index (χ0v) is 14.2. The number of hydrogen-bond acceptors (Lipinski definition) is 1. The summed E-state index contributed by atoms with van der Waals surface area (Å²) in [5, 5.41) is 0. The molecule has 1 aliphatic carbocycles. The molecule has 0 aromatic heterocycles. The molecule has 23 heavy (non-hydrogen) atoms. The lowest BCUT2D eigenvalue weighted by atomic mass is 9.67. The van der Waals surface area contributed by atoms with Crippen molar-refractivity contribution in [3.8, 4) is 0 Å². The van der Waals surface area contributed by atoms with Crippen LogP contribution in [0.3, 0.4) is 0 Å². The molecule has 2 aromatic rings. The van der Waals surface area contributed by atoms with Crippen molar-refractivity contribution in [3.63, 3.8) is 0 Å². The van der Waals surface area contributed by atoms with E-state index in [4.69, 9.17) is 0 Å². The maximum atomic E-state index is 2.47. The normalized spacial score (nSPS) is 20.2. The Morgan fingerprint density at radius 2 is 1.39 bits per heavy atom.